The van der Waals surface area contributed by atoms with Crippen molar-refractivity contribution in [2.75, 3.05) is 6.61 Å². The van der Waals surface area contributed by atoms with Crippen molar-refractivity contribution in [1.82, 2.24) is 5.43 Å². The number of rotatable bonds is 6. The minimum absolute atomic E-state index is 0.141. The zero-order valence-electron chi connectivity index (χ0n) is 15.2. The van der Waals surface area contributed by atoms with Crippen LogP contribution in [0.3, 0.4) is 0 Å². The third-order valence-corrected chi connectivity index (χ3v) is 3.99. The molecule has 0 bridgehead atoms. The molecule has 0 heterocycles. The van der Waals surface area contributed by atoms with Crippen LogP contribution in [0.5, 0.6) is 5.75 Å². The molecule has 3 aromatic carbocycles. The van der Waals surface area contributed by atoms with Crippen LogP contribution < -0.4 is 10.2 Å². The molecule has 3 aromatic rings. The molecule has 148 valence electrons. The number of hydrazone groups is 1. The van der Waals surface area contributed by atoms with Gasteiger partial charge in [-0.05, 0) is 29.3 Å². The van der Waals surface area contributed by atoms with Crippen LogP contribution in [-0.2, 0) is 11.0 Å². The number of halogens is 3. The Kier molecular flexibility index (Phi) is 6.29. The average molecular weight is 398 g/mol. The van der Waals surface area contributed by atoms with E-state index in [-0.39, 0.29) is 12.2 Å². The Morgan fingerprint density at radius 3 is 2.21 bits per heavy atom. The molecule has 0 spiro atoms. The Balaban J connectivity index is 1.53. The minimum Gasteiger partial charge on any atom is -0.484 e. The summed E-state index contributed by atoms with van der Waals surface area (Å²) in [6.07, 6.45) is -3.54. The normalized spacial score (nSPS) is 11.4. The molecule has 1 N–H and O–H groups in total. The minimum atomic E-state index is -4.50. The number of hydrogen-bond acceptors (Lipinski definition) is 3. The molecule has 0 unspecified atom stereocenters. The summed E-state index contributed by atoms with van der Waals surface area (Å²) in [5.41, 5.74) is 3.26. The molecule has 0 aliphatic heterocycles. The van der Waals surface area contributed by atoms with Gasteiger partial charge in [-0.15, -0.1) is 0 Å². The molecule has 0 fully saturated rings. The molecular weight excluding hydrogens is 381 g/mol. The highest BCUT2D eigenvalue weighted by molar-refractivity contribution is 5.84. The smallest absolute Gasteiger partial charge is 0.417 e. The number of hydrogen-bond donors (Lipinski definition) is 1. The average Bonchev–Trinajstić information content (AvgIpc) is 2.73. The summed E-state index contributed by atoms with van der Waals surface area (Å²) in [5, 5.41) is 3.58. The van der Waals surface area contributed by atoms with E-state index in [0.717, 1.165) is 23.4 Å². The molecule has 4 nitrogen and oxygen atoms in total. The SMILES string of the molecule is O=C(COc1ccc(-c2ccccc2)cc1)N/N=C\c1ccccc1C(F)(F)F. The molecule has 0 atom stereocenters. The van der Waals surface area contributed by atoms with Gasteiger partial charge in [0.15, 0.2) is 6.61 Å². The maximum Gasteiger partial charge on any atom is 0.417 e. The van der Waals surface area contributed by atoms with E-state index < -0.39 is 17.6 Å². The topological polar surface area (TPSA) is 50.7 Å². The van der Waals surface area contributed by atoms with Gasteiger partial charge in [0.25, 0.3) is 5.91 Å². The Labute approximate surface area is 165 Å². The van der Waals surface area contributed by atoms with Gasteiger partial charge < -0.3 is 4.74 Å². The van der Waals surface area contributed by atoms with Crippen LogP contribution in [-0.4, -0.2) is 18.7 Å². The van der Waals surface area contributed by atoms with Gasteiger partial charge in [-0.1, -0.05) is 60.7 Å². The summed E-state index contributed by atoms with van der Waals surface area (Å²) >= 11 is 0. The highest BCUT2D eigenvalue weighted by Crippen LogP contribution is 2.31. The third-order valence-electron chi connectivity index (χ3n) is 3.99. The van der Waals surface area contributed by atoms with E-state index in [9.17, 15) is 18.0 Å². The number of carbonyl (C=O) groups excluding carboxylic acids is 1. The molecule has 0 aromatic heterocycles. The molecular formula is C22H17F3N2O2. The van der Waals surface area contributed by atoms with Crippen molar-refractivity contribution in [3.8, 4) is 16.9 Å². The van der Waals surface area contributed by atoms with Crippen molar-refractivity contribution in [2.24, 2.45) is 5.10 Å². The fourth-order valence-corrected chi connectivity index (χ4v) is 2.60. The first kappa shape index (κ1) is 20.1. The Bertz CT molecular complexity index is 985. The molecule has 0 saturated carbocycles. The maximum atomic E-state index is 12.9. The van der Waals surface area contributed by atoms with Gasteiger partial charge in [-0.2, -0.15) is 18.3 Å². The Morgan fingerprint density at radius 2 is 1.52 bits per heavy atom. The van der Waals surface area contributed by atoms with Gasteiger partial charge in [0.05, 0.1) is 11.8 Å². The van der Waals surface area contributed by atoms with Crippen molar-refractivity contribution < 1.29 is 22.7 Å². The van der Waals surface area contributed by atoms with Crippen molar-refractivity contribution >= 4 is 12.1 Å². The first-order valence-electron chi connectivity index (χ1n) is 8.70. The number of nitrogens with one attached hydrogen (secondary N) is 1. The fraction of sp³-hybridized carbons (Fsp3) is 0.0909. The van der Waals surface area contributed by atoms with E-state index in [4.69, 9.17) is 4.74 Å². The third kappa shape index (κ3) is 5.68. The van der Waals surface area contributed by atoms with Crippen LogP contribution in [0.2, 0.25) is 0 Å². The second kappa shape index (κ2) is 9.05. The first-order valence-corrected chi connectivity index (χ1v) is 8.70. The summed E-state index contributed by atoms with van der Waals surface area (Å²) < 4.78 is 44.1. The molecule has 29 heavy (non-hydrogen) atoms. The highest BCUT2D eigenvalue weighted by atomic mass is 19.4. The molecule has 0 aliphatic rings. The van der Waals surface area contributed by atoms with E-state index in [0.29, 0.717) is 5.75 Å². The standard InChI is InChI=1S/C22H17F3N2O2/c23-22(24,25)20-9-5-4-8-18(20)14-26-27-21(28)15-29-19-12-10-17(11-13-19)16-6-2-1-3-7-16/h1-14H,15H2,(H,27,28)/b26-14-. The van der Waals surface area contributed by atoms with Crippen LogP contribution in [0.25, 0.3) is 11.1 Å². The van der Waals surface area contributed by atoms with Gasteiger partial charge in [-0.3, -0.25) is 4.79 Å². The summed E-state index contributed by atoms with van der Waals surface area (Å²) in [7, 11) is 0. The second-order valence-electron chi connectivity index (χ2n) is 6.06. The van der Waals surface area contributed by atoms with Crippen LogP contribution in [0.4, 0.5) is 13.2 Å². The van der Waals surface area contributed by atoms with Crippen LogP contribution >= 0.6 is 0 Å². The predicted molar refractivity (Wildman–Crippen MR) is 105 cm³/mol. The molecule has 7 heteroatoms. The van der Waals surface area contributed by atoms with Gasteiger partial charge in [0.1, 0.15) is 5.75 Å². The molecule has 0 radical (unpaired) electrons. The lowest BCUT2D eigenvalue weighted by molar-refractivity contribution is -0.137. The summed E-state index contributed by atoms with van der Waals surface area (Å²) in [6, 6.07) is 22.0. The van der Waals surface area contributed by atoms with Gasteiger partial charge >= 0.3 is 6.18 Å². The van der Waals surface area contributed by atoms with Crippen molar-refractivity contribution in [1.29, 1.82) is 0 Å². The van der Waals surface area contributed by atoms with Crippen LogP contribution in [0.15, 0.2) is 84.0 Å². The monoisotopic (exact) mass is 398 g/mol. The quantitative estimate of drug-likeness (QED) is 0.474. The van der Waals surface area contributed by atoms with Crippen LogP contribution in [0, 0.1) is 0 Å². The summed E-state index contributed by atoms with van der Waals surface area (Å²) in [5.74, 6) is -0.0934. The predicted octanol–water partition coefficient (Wildman–Crippen LogP) is 4.90. The maximum absolute atomic E-state index is 12.9. The first-order chi connectivity index (χ1) is 13.9. The van der Waals surface area contributed by atoms with E-state index in [1.807, 2.05) is 42.5 Å². The highest BCUT2D eigenvalue weighted by Gasteiger charge is 2.32. The van der Waals surface area contributed by atoms with Gasteiger partial charge in [0.2, 0.25) is 0 Å². The fourth-order valence-electron chi connectivity index (χ4n) is 2.60. The second-order valence-corrected chi connectivity index (χ2v) is 6.06. The number of carbonyl (C=O) groups is 1. The van der Waals surface area contributed by atoms with Crippen molar-refractivity contribution in [2.45, 2.75) is 6.18 Å². The zero-order valence-corrected chi connectivity index (χ0v) is 15.2. The zero-order chi connectivity index (χ0) is 20.7. The lowest BCUT2D eigenvalue weighted by Crippen LogP contribution is -2.24. The molecule has 1 amide bonds. The van der Waals surface area contributed by atoms with E-state index in [2.05, 4.69) is 10.5 Å². The van der Waals surface area contributed by atoms with E-state index in [1.165, 1.54) is 18.2 Å². The Hall–Kier alpha value is -3.61. The lowest BCUT2D eigenvalue weighted by atomic mass is 10.1. The van der Waals surface area contributed by atoms with Crippen molar-refractivity contribution in [3.63, 3.8) is 0 Å². The molecule has 0 saturated heterocycles. The summed E-state index contributed by atoms with van der Waals surface area (Å²) in [6.45, 7) is -0.317. The van der Waals surface area contributed by atoms with Gasteiger partial charge in [0, 0.05) is 5.56 Å². The number of benzene rings is 3. The lowest BCUT2D eigenvalue weighted by Gasteiger charge is -2.09. The van der Waals surface area contributed by atoms with Crippen LogP contribution in [0.1, 0.15) is 11.1 Å². The van der Waals surface area contributed by atoms with E-state index >= 15 is 0 Å². The number of alkyl halides is 3. The summed E-state index contributed by atoms with van der Waals surface area (Å²) in [4.78, 5) is 11.8. The largest absolute Gasteiger partial charge is 0.484 e. The molecule has 3 rings (SSSR count). The van der Waals surface area contributed by atoms with Gasteiger partial charge in [-0.25, -0.2) is 5.43 Å². The Morgan fingerprint density at radius 1 is 0.897 bits per heavy atom. The number of amides is 1. The number of nitrogens with zero attached hydrogens (tertiary/aromatic N) is 1. The molecule has 0 aliphatic carbocycles. The van der Waals surface area contributed by atoms with Crippen molar-refractivity contribution in [3.05, 3.63) is 90.0 Å². The van der Waals surface area contributed by atoms with E-state index in [1.54, 1.807) is 12.1 Å². The number of ether oxygens (including phenoxy) is 1.